The van der Waals surface area contributed by atoms with Crippen molar-refractivity contribution < 1.29 is 9.53 Å². The van der Waals surface area contributed by atoms with Crippen molar-refractivity contribution in [2.24, 2.45) is 0 Å². The minimum absolute atomic E-state index is 0.0111. The van der Waals surface area contributed by atoms with E-state index in [-0.39, 0.29) is 23.6 Å². The number of aromatic nitrogens is 4. The molecule has 4 aromatic carbocycles. The van der Waals surface area contributed by atoms with Crippen molar-refractivity contribution in [2.45, 2.75) is 11.7 Å². The maximum atomic E-state index is 13.5. The fourth-order valence-electron chi connectivity index (χ4n) is 4.67. The van der Waals surface area contributed by atoms with Gasteiger partial charge in [-0.3, -0.25) is 18.6 Å². The van der Waals surface area contributed by atoms with Crippen LogP contribution in [0.2, 0.25) is 0 Å². The number of carbonyl (C=O) groups is 1. The van der Waals surface area contributed by atoms with Gasteiger partial charge in [0.15, 0.2) is 10.9 Å². The van der Waals surface area contributed by atoms with E-state index in [2.05, 4.69) is 10.2 Å². The van der Waals surface area contributed by atoms with Crippen molar-refractivity contribution in [1.82, 2.24) is 19.2 Å². The highest BCUT2D eigenvalue weighted by Crippen LogP contribution is 2.25. The van der Waals surface area contributed by atoms with Gasteiger partial charge in [0.2, 0.25) is 5.78 Å². The number of benzene rings is 4. The molecule has 0 aliphatic heterocycles. The third kappa shape index (κ3) is 4.70. The molecule has 0 atom stereocenters. The van der Waals surface area contributed by atoms with Gasteiger partial charge in [-0.1, -0.05) is 96.7 Å². The number of methoxy groups -OCH3 is 1. The summed E-state index contributed by atoms with van der Waals surface area (Å²) in [7, 11) is 1.61. The number of ether oxygens (including phenoxy) is 1. The lowest BCUT2D eigenvalue weighted by Gasteiger charge is -2.13. The quantitative estimate of drug-likeness (QED) is 0.184. The molecular formula is C31H24N4O3S. The van der Waals surface area contributed by atoms with Crippen LogP contribution in [0.3, 0.4) is 0 Å². The lowest BCUT2D eigenvalue weighted by molar-refractivity contribution is 0.102. The molecule has 6 rings (SSSR count). The molecule has 2 heterocycles. The average Bonchev–Trinajstić information content (AvgIpc) is 3.43. The second-order valence-electron chi connectivity index (χ2n) is 8.99. The second-order valence-corrected chi connectivity index (χ2v) is 9.94. The van der Waals surface area contributed by atoms with Crippen LogP contribution in [0.5, 0.6) is 5.75 Å². The molecule has 0 N–H and O–H groups in total. The van der Waals surface area contributed by atoms with Crippen molar-refractivity contribution in [2.75, 3.05) is 12.9 Å². The third-order valence-corrected chi connectivity index (χ3v) is 7.57. The third-order valence-electron chi connectivity index (χ3n) is 6.65. The largest absolute Gasteiger partial charge is 0.496 e. The molecule has 0 aliphatic carbocycles. The highest BCUT2D eigenvalue weighted by atomic mass is 32.2. The molecule has 0 fully saturated rings. The van der Waals surface area contributed by atoms with Gasteiger partial charge in [0.05, 0.1) is 30.3 Å². The van der Waals surface area contributed by atoms with Gasteiger partial charge in [0, 0.05) is 11.1 Å². The molecule has 0 unspecified atom stereocenters. The van der Waals surface area contributed by atoms with Crippen molar-refractivity contribution >= 4 is 34.2 Å². The fourth-order valence-corrected chi connectivity index (χ4v) is 5.50. The van der Waals surface area contributed by atoms with E-state index in [4.69, 9.17) is 4.74 Å². The van der Waals surface area contributed by atoms with E-state index < -0.39 is 0 Å². The molecule has 39 heavy (non-hydrogen) atoms. The first-order valence-corrected chi connectivity index (χ1v) is 13.4. The number of Topliss-reactive ketones (excluding diaryl/α,β-unsaturated/α-hetero) is 1. The molecule has 7 nitrogen and oxygen atoms in total. The minimum Gasteiger partial charge on any atom is -0.496 e. The predicted octanol–water partition coefficient (Wildman–Crippen LogP) is 5.74. The van der Waals surface area contributed by atoms with Crippen molar-refractivity contribution in [3.8, 4) is 16.9 Å². The highest BCUT2D eigenvalue weighted by Gasteiger charge is 2.19. The van der Waals surface area contributed by atoms with E-state index in [9.17, 15) is 9.59 Å². The smallest absolute Gasteiger partial charge is 0.263 e. The van der Waals surface area contributed by atoms with Gasteiger partial charge >= 0.3 is 0 Å². The van der Waals surface area contributed by atoms with Crippen molar-refractivity contribution in [1.29, 1.82) is 0 Å². The summed E-state index contributed by atoms with van der Waals surface area (Å²) in [5.41, 5.74) is 4.18. The van der Waals surface area contributed by atoms with Crippen molar-refractivity contribution in [3.63, 3.8) is 0 Å². The predicted molar refractivity (Wildman–Crippen MR) is 154 cm³/mol. The van der Waals surface area contributed by atoms with Gasteiger partial charge < -0.3 is 4.74 Å². The standard InChI is InChI=1S/C31H24N4O3S/c1-38-28-14-8-5-11-24(28)19-34-29(37)25-12-6-7-13-26(25)35-30(34)32-33-31(35)39-20-27(36)23-17-15-22(16-18-23)21-9-3-2-4-10-21/h2-18H,19-20H2,1H3. The zero-order valence-electron chi connectivity index (χ0n) is 21.2. The molecule has 192 valence electrons. The summed E-state index contributed by atoms with van der Waals surface area (Å²) in [5, 5.41) is 9.85. The Morgan fingerprint density at radius 2 is 1.51 bits per heavy atom. The lowest BCUT2D eigenvalue weighted by atomic mass is 10.0. The summed E-state index contributed by atoms with van der Waals surface area (Å²) >= 11 is 1.30. The Labute approximate surface area is 228 Å². The Kier molecular flexibility index (Phi) is 6.69. The molecule has 6 aromatic rings. The summed E-state index contributed by atoms with van der Waals surface area (Å²) in [6.07, 6.45) is 0. The van der Waals surface area contributed by atoms with Gasteiger partial charge in [-0.15, -0.1) is 10.2 Å². The Balaban J connectivity index is 1.32. The van der Waals surface area contributed by atoms with Gasteiger partial charge in [-0.2, -0.15) is 0 Å². The average molecular weight is 533 g/mol. The van der Waals surface area contributed by atoms with Gasteiger partial charge in [-0.05, 0) is 29.3 Å². The molecule has 0 spiro atoms. The summed E-state index contributed by atoms with van der Waals surface area (Å²) < 4.78 is 8.95. The SMILES string of the molecule is COc1ccccc1Cn1c(=O)c2ccccc2n2c(SCC(=O)c3ccc(-c4ccccc4)cc3)nnc12. The Bertz CT molecular complexity index is 1860. The summed E-state index contributed by atoms with van der Waals surface area (Å²) in [5.74, 6) is 1.27. The van der Waals surface area contributed by atoms with Crippen LogP contribution >= 0.6 is 11.8 Å². The number of carbonyl (C=O) groups excluding carboxylic acids is 1. The van der Waals surface area contributed by atoms with Crippen LogP contribution in [-0.4, -0.2) is 37.8 Å². The number of hydrogen-bond acceptors (Lipinski definition) is 6. The molecule has 0 aliphatic rings. The maximum absolute atomic E-state index is 13.5. The first kappa shape index (κ1) is 24.6. The van der Waals surface area contributed by atoms with Crippen LogP contribution in [0.15, 0.2) is 113 Å². The van der Waals surface area contributed by atoms with E-state index in [1.165, 1.54) is 11.8 Å². The lowest BCUT2D eigenvalue weighted by Crippen LogP contribution is -2.24. The molecule has 0 amide bonds. The first-order chi connectivity index (χ1) is 19.1. The summed E-state index contributed by atoms with van der Waals surface area (Å²) in [6, 6.07) is 32.6. The van der Waals surface area contributed by atoms with Gasteiger partial charge in [0.1, 0.15) is 5.75 Å². The molecule has 8 heteroatoms. The van der Waals surface area contributed by atoms with E-state index >= 15 is 0 Å². The molecule has 0 bridgehead atoms. The minimum atomic E-state index is -0.164. The molecular weight excluding hydrogens is 508 g/mol. The van der Waals surface area contributed by atoms with Crippen LogP contribution in [0, 0.1) is 0 Å². The van der Waals surface area contributed by atoms with Crippen LogP contribution in [0.4, 0.5) is 0 Å². The molecule has 2 aromatic heterocycles. The van der Waals surface area contributed by atoms with Crippen molar-refractivity contribution in [3.05, 3.63) is 125 Å². The molecule has 0 radical (unpaired) electrons. The normalized spacial score (nSPS) is 11.2. The first-order valence-electron chi connectivity index (χ1n) is 12.4. The summed E-state index contributed by atoms with van der Waals surface area (Å²) in [4.78, 5) is 26.6. The zero-order valence-corrected chi connectivity index (χ0v) is 22.0. The highest BCUT2D eigenvalue weighted by molar-refractivity contribution is 7.99. The number of ketones is 1. The van der Waals surface area contributed by atoms with Crippen LogP contribution in [-0.2, 0) is 6.54 Å². The second kappa shape index (κ2) is 10.6. The Hall–Kier alpha value is -4.69. The van der Waals surface area contributed by atoms with Gasteiger partial charge in [0.25, 0.3) is 5.56 Å². The molecule has 0 saturated carbocycles. The monoisotopic (exact) mass is 532 g/mol. The zero-order chi connectivity index (χ0) is 26.8. The van der Waals surface area contributed by atoms with Crippen LogP contribution < -0.4 is 10.3 Å². The topological polar surface area (TPSA) is 78.5 Å². The number of fused-ring (bicyclic) bond motifs is 3. The van der Waals surface area contributed by atoms with E-state index in [1.807, 2.05) is 101 Å². The number of thioether (sulfide) groups is 1. The number of hydrogen-bond donors (Lipinski definition) is 0. The maximum Gasteiger partial charge on any atom is 0.263 e. The fraction of sp³-hybridized carbons (Fsp3) is 0.0968. The van der Waals surface area contributed by atoms with Crippen LogP contribution in [0.25, 0.3) is 27.8 Å². The number of rotatable bonds is 8. The van der Waals surface area contributed by atoms with Gasteiger partial charge in [-0.25, -0.2) is 0 Å². The Morgan fingerprint density at radius 1 is 0.821 bits per heavy atom. The van der Waals surface area contributed by atoms with E-state index in [1.54, 1.807) is 17.7 Å². The van der Waals surface area contributed by atoms with E-state index in [0.717, 1.165) is 16.7 Å². The molecule has 0 saturated heterocycles. The summed E-state index contributed by atoms with van der Waals surface area (Å²) in [6.45, 7) is 0.271. The number of nitrogens with zero attached hydrogens (tertiary/aromatic N) is 4. The number of para-hydroxylation sites is 2. The Morgan fingerprint density at radius 3 is 2.31 bits per heavy atom. The van der Waals surface area contributed by atoms with E-state index in [0.29, 0.717) is 33.1 Å². The van der Waals surface area contributed by atoms with Crippen LogP contribution in [0.1, 0.15) is 15.9 Å².